The van der Waals surface area contributed by atoms with Crippen LogP contribution in [0.1, 0.15) is 44.2 Å². The van der Waals surface area contributed by atoms with Crippen LogP contribution in [0.5, 0.6) is 5.75 Å². The second-order valence-corrected chi connectivity index (χ2v) is 8.37. The number of para-hydroxylation sites is 1. The number of halogens is 1. The Kier molecular flexibility index (Phi) is 8.72. The van der Waals surface area contributed by atoms with Crippen molar-refractivity contribution in [3.8, 4) is 5.75 Å². The van der Waals surface area contributed by atoms with E-state index in [4.69, 9.17) is 21.1 Å². The average molecular weight is 473 g/mol. The number of benzene rings is 2. The Morgan fingerprint density at radius 3 is 2.58 bits per heavy atom. The summed E-state index contributed by atoms with van der Waals surface area (Å²) in [6.07, 6.45) is 2.35. The molecule has 2 atom stereocenters. The number of unbranched alkanes of at least 4 members (excludes halogenated alkanes) is 1. The molecule has 1 aliphatic rings. The van der Waals surface area contributed by atoms with Gasteiger partial charge in [0.1, 0.15) is 5.75 Å². The van der Waals surface area contributed by atoms with E-state index in [1.165, 1.54) is 0 Å². The highest BCUT2D eigenvalue weighted by atomic mass is 35.5. The largest absolute Gasteiger partial charge is 0.496 e. The van der Waals surface area contributed by atoms with Crippen molar-refractivity contribution < 1.29 is 23.9 Å². The highest BCUT2D eigenvalue weighted by molar-refractivity contribution is 6.30. The molecular formula is C25H29ClN2O5. The number of hydrogen-bond donors (Lipinski definition) is 1. The first kappa shape index (κ1) is 24.6. The summed E-state index contributed by atoms with van der Waals surface area (Å²) in [4.78, 5) is 40.0. The Morgan fingerprint density at radius 2 is 1.88 bits per heavy atom. The van der Waals surface area contributed by atoms with Crippen LogP contribution < -0.4 is 10.1 Å². The molecule has 3 rings (SSSR count). The van der Waals surface area contributed by atoms with E-state index < -0.39 is 30.4 Å². The standard InChI is InChI=1S/C25H29ClN2O5/c1-3-4-15-28-23(30)14-13-20(24(28)19-7-5-6-8-21(19)32-2)25(31)33-16-22(29)27-18-11-9-17(26)10-12-18/h5-12,20,24H,3-4,13-16H2,1-2H3,(H,27,29). The number of likely N-dealkylation sites (tertiary alicyclic amines) is 1. The van der Waals surface area contributed by atoms with Gasteiger partial charge in [-0.15, -0.1) is 0 Å². The average Bonchev–Trinajstić information content (AvgIpc) is 2.83. The van der Waals surface area contributed by atoms with Gasteiger partial charge in [0.15, 0.2) is 6.61 Å². The molecule has 1 fully saturated rings. The van der Waals surface area contributed by atoms with Crippen LogP contribution in [0.25, 0.3) is 0 Å². The highest BCUT2D eigenvalue weighted by Gasteiger charge is 2.42. The fraction of sp³-hybridized carbons (Fsp3) is 0.400. The van der Waals surface area contributed by atoms with Gasteiger partial charge in [0.2, 0.25) is 5.91 Å². The molecular weight excluding hydrogens is 444 g/mol. The van der Waals surface area contributed by atoms with E-state index in [0.29, 0.717) is 29.4 Å². The van der Waals surface area contributed by atoms with Gasteiger partial charge in [0.05, 0.1) is 19.1 Å². The van der Waals surface area contributed by atoms with E-state index in [0.717, 1.165) is 18.4 Å². The van der Waals surface area contributed by atoms with Crippen LogP contribution in [0.2, 0.25) is 5.02 Å². The summed E-state index contributed by atoms with van der Waals surface area (Å²) in [5, 5.41) is 3.23. The second-order valence-electron chi connectivity index (χ2n) is 7.94. The van der Waals surface area contributed by atoms with Crippen LogP contribution >= 0.6 is 11.6 Å². The molecule has 2 amide bonds. The first-order valence-corrected chi connectivity index (χ1v) is 11.5. The van der Waals surface area contributed by atoms with Gasteiger partial charge < -0.3 is 19.7 Å². The van der Waals surface area contributed by atoms with Crippen LogP contribution in [0.4, 0.5) is 5.69 Å². The third kappa shape index (κ3) is 6.26. The molecule has 0 bridgehead atoms. The summed E-state index contributed by atoms with van der Waals surface area (Å²) in [6.45, 7) is 2.18. The Bertz CT molecular complexity index is 979. The molecule has 0 spiro atoms. The lowest BCUT2D eigenvalue weighted by Crippen LogP contribution is -2.46. The molecule has 2 unspecified atom stereocenters. The number of piperidine rings is 1. The van der Waals surface area contributed by atoms with Crippen LogP contribution in [0.15, 0.2) is 48.5 Å². The smallest absolute Gasteiger partial charge is 0.311 e. The molecule has 1 heterocycles. The van der Waals surface area contributed by atoms with Crippen LogP contribution in [-0.2, 0) is 19.1 Å². The maximum atomic E-state index is 13.1. The van der Waals surface area contributed by atoms with E-state index in [2.05, 4.69) is 12.2 Å². The third-order valence-electron chi connectivity index (χ3n) is 5.69. The zero-order chi connectivity index (χ0) is 23.8. The molecule has 0 saturated carbocycles. The molecule has 176 valence electrons. The summed E-state index contributed by atoms with van der Waals surface area (Å²) >= 11 is 5.86. The molecule has 2 aromatic carbocycles. The third-order valence-corrected chi connectivity index (χ3v) is 5.94. The number of carbonyl (C=O) groups excluding carboxylic acids is 3. The summed E-state index contributed by atoms with van der Waals surface area (Å²) in [6, 6.07) is 13.5. The Morgan fingerprint density at radius 1 is 1.15 bits per heavy atom. The fourth-order valence-electron chi connectivity index (χ4n) is 4.06. The number of amides is 2. The van der Waals surface area contributed by atoms with Crippen molar-refractivity contribution in [3.63, 3.8) is 0 Å². The van der Waals surface area contributed by atoms with Crippen LogP contribution in [0, 0.1) is 5.92 Å². The van der Waals surface area contributed by atoms with E-state index in [9.17, 15) is 14.4 Å². The molecule has 1 saturated heterocycles. The lowest BCUT2D eigenvalue weighted by molar-refractivity contribution is -0.159. The van der Waals surface area contributed by atoms with E-state index >= 15 is 0 Å². The SMILES string of the molecule is CCCCN1C(=O)CCC(C(=O)OCC(=O)Nc2ccc(Cl)cc2)C1c1ccccc1OC. The van der Waals surface area contributed by atoms with E-state index in [-0.39, 0.29) is 12.3 Å². The predicted octanol–water partition coefficient (Wildman–Crippen LogP) is 4.61. The highest BCUT2D eigenvalue weighted by Crippen LogP contribution is 2.41. The Hall–Kier alpha value is -3.06. The number of nitrogens with one attached hydrogen (secondary N) is 1. The summed E-state index contributed by atoms with van der Waals surface area (Å²) in [7, 11) is 1.56. The van der Waals surface area contributed by atoms with E-state index in [1.54, 1.807) is 36.3 Å². The van der Waals surface area contributed by atoms with Crippen molar-refractivity contribution in [2.24, 2.45) is 5.92 Å². The fourth-order valence-corrected chi connectivity index (χ4v) is 4.19. The first-order chi connectivity index (χ1) is 15.9. The number of hydrogen-bond acceptors (Lipinski definition) is 5. The molecule has 7 nitrogen and oxygen atoms in total. The molecule has 2 aromatic rings. The van der Waals surface area contributed by atoms with Gasteiger partial charge in [-0.25, -0.2) is 0 Å². The zero-order valence-corrected chi connectivity index (χ0v) is 19.6. The Balaban J connectivity index is 1.76. The van der Waals surface area contributed by atoms with Gasteiger partial charge in [0, 0.05) is 29.2 Å². The topological polar surface area (TPSA) is 84.9 Å². The molecule has 33 heavy (non-hydrogen) atoms. The normalized spacial score (nSPS) is 18.0. The summed E-state index contributed by atoms with van der Waals surface area (Å²) in [5.41, 5.74) is 1.32. The zero-order valence-electron chi connectivity index (χ0n) is 18.9. The second kappa shape index (κ2) is 11.7. The van der Waals surface area contributed by atoms with Gasteiger partial charge >= 0.3 is 5.97 Å². The number of nitrogens with zero attached hydrogens (tertiary/aromatic N) is 1. The van der Waals surface area contributed by atoms with E-state index in [1.807, 2.05) is 24.3 Å². The summed E-state index contributed by atoms with van der Waals surface area (Å²) in [5.74, 6) is -0.944. The Labute approximate surface area is 199 Å². The molecule has 8 heteroatoms. The van der Waals surface area contributed by atoms with Crippen LogP contribution in [0.3, 0.4) is 0 Å². The molecule has 1 N–H and O–H groups in total. The van der Waals surface area contributed by atoms with Crippen molar-refractivity contribution in [3.05, 3.63) is 59.1 Å². The number of esters is 1. The lowest BCUT2D eigenvalue weighted by Gasteiger charge is -2.40. The molecule has 0 aromatic heterocycles. The van der Waals surface area contributed by atoms with Gasteiger partial charge in [-0.05, 0) is 43.2 Å². The maximum Gasteiger partial charge on any atom is 0.311 e. The number of methoxy groups -OCH3 is 1. The van der Waals surface area contributed by atoms with Crippen molar-refractivity contribution in [2.75, 3.05) is 25.6 Å². The molecule has 1 aliphatic heterocycles. The van der Waals surface area contributed by atoms with Gasteiger partial charge in [0.25, 0.3) is 5.91 Å². The van der Waals surface area contributed by atoms with Gasteiger partial charge in [-0.2, -0.15) is 0 Å². The predicted molar refractivity (Wildman–Crippen MR) is 126 cm³/mol. The monoisotopic (exact) mass is 472 g/mol. The first-order valence-electron chi connectivity index (χ1n) is 11.1. The quantitative estimate of drug-likeness (QED) is 0.539. The summed E-state index contributed by atoms with van der Waals surface area (Å²) < 4.78 is 10.9. The van der Waals surface area contributed by atoms with Crippen LogP contribution in [-0.4, -0.2) is 42.9 Å². The molecule has 0 radical (unpaired) electrons. The van der Waals surface area contributed by atoms with Crippen molar-refractivity contribution in [1.82, 2.24) is 4.90 Å². The minimum absolute atomic E-state index is 0.00360. The number of carbonyl (C=O) groups is 3. The van der Waals surface area contributed by atoms with Crippen molar-refractivity contribution in [1.29, 1.82) is 0 Å². The van der Waals surface area contributed by atoms with Gasteiger partial charge in [-0.3, -0.25) is 14.4 Å². The lowest BCUT2D eigenvalue weighted by atomic mass is 9.83. The van der Waals surface area contributed by atoms with Crippen molar-refractivity contribution >= 4 is 35.1 Å². The minimum atomic E-state index is -0.598. The number of ether oxygens (including phenoxy) is 2. The number of anilines is 1. The minimum Gasteiger partial charge on any atom is -0.496 e. The molecule has 0 aliphatic carbocycles. The van der Waals surface area contributed by atoms with Gasteiger partial charge in [-0.1, -0.05) is 43.1 Å². The number of rotatable bonds is 9. The maximum absolute atomic E-state index is 13.1. The van der Waals surface area contributed by atoms with Crippen molar-refractivity contribution in [2.45, 2.75) is 38.6 Å².